The number of carbonyl (C=O) groups is 2. The number of carbonyl (C=O) groups excluding carboxylic acids is 1. The quantitative estimate of drug-likeness (QED) is 0.629. The van der Waals surface area contributed by atoms with Crippen LogP contribution in [0.2, 0.25) is 4.34 Å². The van der Waals surface area contributed by atoms with Crippen molar-refractivity contribution in [3.8, 4) is 0 Å². The van der Waals surface area contributed by atoms with Crippen LogP contribution in [0.25, 0.3) is 0 Å². The Hall–Kier alpha value is -1.31. The standard InChI is InChI=1S/C10H13ClN2O4S/c11-8-2-1-6(18-8)5-13-10(17)12-4-3-7(14)9(15)16/h1-2,7,14H,3-5H2,(H,15,16)(H2,12,13,17). The first-order valence-corrected chi connectivity index (χ1v) is 6.35. The number of nitrogens with one attached hydrogen (secondary N) is 2. The molecule has 0 saturated carbocycles. The molecule has 0 spiro atoms. The van der Waals surface area contributed by atoms with Crippen LogP contribution < -0.4 is 10.6 Å². The number of halogens is 1. The second kappa shape index (κ2) is 7.20. The fraction of sp³-hybridized carbons (Fsp3) is 0.400. The fourth-order valence-corrected chi connectivity index (χ4v) is 2.15. The highest BCUT2D eigenvalue weighted by Crippen LogP contribution is 2.20. The molecule has 8 heteroatoms. The summed E-state index contributed by atoms with van der Waals surface area (Å²) in [6, 6.07) is 3.13. The smallest absolute Gasteiger partial charge is 0.332 e. The Morgan fingerprint density at radius 1 is 1.39 bits per heavy atom. The monoisotopic (exact) mass is 292 g/mol. The largest absolute Gasteiger partial charge is 0.479 e. The first-order valence-electron chi connectivity index (χ1n) is 5.16. The highest BCUT2D eigenvalue weighted by atomic mass is 35.5. The van der Waals surface area contributed by atoms with Gasteiger partial charge in [0.15, 0.2) is 6.10 Å². The van der Waals surface area contributed by atoms with Crippen LogP contribution in [0.4, 0.5) is 4.79 Å². The minimum Gasteiger partial charge on any atom is -0.479 e. The summed E-state index contributed by atoms with van der Waals surface area (Å²) in [4.78, 5) is 22.5. The molecule has 1 aromatic rings. The fourth-order valence-electron chi connectivity index (χ4n) is 1.12. The summed E-state index contributed by atoms with van der Waals surface area (Å²) >= 11 is 7.10. The normalized spacial score (nSPS) is 11.9. The zero-order valence-electron chi connectivity index (χ0n) is 9.35. The zero-order chi connectivity index (χ0) is 13.5. The summed E-state index contributed by atoms with van der Waals surface area (Å²) < 4.78 is 0.650. The summed E-state index contributed by atoms with van der Waals surface area (Å²) in [7, 11) is 0. The van der Waals surface area contributed by atoms with Gasteiger partial charge in [0.2, 0.25) is 0 Å². The SMILES string of the molecule is O=C(NCCC(O)C(=O)O)NCc1ccc(Cl)s1. The third kappa shape index (κ3) is 5.35. The maximum Gasteiger partial charge on any atom is 0.332 e. The lowest BCUT2D eigenvalue weighted by Gasteiger charge is -2.08. The van der Waals surface area contributed by atoms with Crippen molar-refractivity contribution in [3.05, 3.63) is 21.3 Å². The van der Waals surface area contributed by atoms with Crippen molar-refractivity contribution in [2.45, 2.75) is 19.1 Å². The highest BCUT2D eigenvalue weighted by molar-refractivity contribution is 7.16. The van der Waals surface area contributed by atoms with Crippen LogP contribution in [0.5, 0.6) is 0 Å². The Morgan fingerprint density at radius 3 is 2.67 bits per heavy atom. The highest BCUT2D eigenvalue weighted by Gasteiger charge is 2.12. The lowest BCUT2D eigenvalue weighted by molar-refractivity contribution is -0.146. The molecule has 18 heavy (non-hydrogen) atoms. The molecule has 1 rings (SSSR count). The van der Waals surface area contributed by atoms with Crippen molar-refractivity contribution >= 4 is 34.9 Å². The van der Waals surface area contributed by atoms with Crippen LogP contribution >= 0.6 is 22.9 Å². The molecule has 1 unspecified atom stereocenters. The van der Waals surface area contributed by atoms with Gasteiger partial charge in [0.1, 0.15) is 0 Å². The Kier molecular flexibility index (Phi) is 5.90. The number of aliphatic hydroxyl groups is 1. The number of thiophene rings is 1. The predicted molar refractivity (Wildman–Crippen MR) is 67.8 cm³/mol. The van der Waals surface area contributed by atoms with Crippen LogP contribution in [0.15, 0.2) is 12.1 Å². The Morgan fingerprint density at radius 2 is 2.11 bits per heavy atom. The van der Waals surface area contributed by atoms with Crippen molar-refractivity contribution < 1.29 is 19.8 Å². The van der Waals surface area contributed by atoms with Gasteiger partial charge in [-0.05, 0) is 12.1 Å². The van der Waals surface area contributed by atoms with E-state index >= 15 is 0 Å². The van der Waals surface area contributed by atoms with Gasteiger partial charge in [-0.3, -0.25) is 0 Å². The van der Waals surface area contributed by atoms with E-state index in [0.29, 0.717) is 10.9 Å². The molecule has 0 aliphatic heterocycles. The number of hydrogen-bond acceptors (Lipinski definition) is 4. The molecule has 0 radical (unpaired) electrons. The molecule has 6 nitrogen and oxygen atoms in total. The molecular weight excluding hydrogens is 280 g/mol. The van der Waals surface area contributed by atoms with E-state index in [1.165, 1.54) is 11.3 Å². The van der Waals surface area contributed by atoms with Gasteiger partial charge in [-0.2, -0.15) is 0 Å². The van der Waals surface area contributed by atoms with Gasteiger partial charge in [-0.25, -0.2) is 9.59 Å². The maximum absolute atomic E-state index is 11.3. The Bertz CT molecular complexity index is 424. The van der Waals surface area contributed by atoms with E-state index < -0.39 is 18.1 Å². The van der Waals surface area contributed by atoms with Gasteiger partial charge in [-0.1, -0.05) is 11.6 Å². The van der Waals surface area contributed by atoms with E-state index in [1.807, 2.05) is 6.07 Å². The van der Waals surface area contributed by atoms with E-state index in [0.717, 1.165) is 4.88 Å². The molecule has 1 aromatic heterocycles. The van der Waals surface area contributed by atoms with Crippen LogP contribution in [-0.4, -0.2) is 34.9 Å². The van der Waals surface area contributed by atoms with Crippen molar-refractivity contribution in [2.75, 3.05) is 6.54 Å². The van der Waals surface area contributed by atoms with E-state index in [-0.39, 0.29) is 13.0 Å². The molecule has 0 aromatic carbocycles. The van der Waals surface area contributed by atoms with Crippen LogP contribution in [0, 0.1) is 0 Å². The minimum absolute atomic E-state index is 0.0341. The first kappa shape index (κ1) is 14.7. The molecule has 0 aliphatic carbocycles. The maximum atomic E-state index is 11.3. The number of carboxylic acids is 1. The number of rotatable bonds is 6. The number of amides is 2. The average Bonchev–Trinajstić information content (AvgIpc) is 2.72. The van der Waals surface area contributed by atoms with Gasteiger partial charge >= 0.3 is 12.0 Å². The van der Waals surface area contributed by atoms with Crippen LogP contribution in [0.1, 0.15) is 11.3 Å². The van der Waals surface area contributed by atoms with E-state index in [2.05, 4.69) is 10.6 Å². The van der Waals surface area contributed by atoms with Crippen molar-refractivity contribution in [2.24, 2.45) is 0 Å². The van der Waals surface area contributed by atoms with E-state index in [9.17, 15) is 9.59 Å². The molecule has 1 heterocycles. The number of hydrogen-bond donors (Lipinski definition) is 4. The lowest BCUT2D eigenvalue weighted by Crippen LogP contribution is -2.37. The van der Waals surface area contributed by atoms with E-state index in [4.69, 9.17) is 21.8 Å². The van der Waals surface area contributed by atoms with E-state index in [1.54, 1.807) is 6.07 Å². The molecule has 100 valence electrons. The van der Waals surface area contributed by atoms with Gasteiger partial charge in [0.05, 0.1) is 10.9 Å². The minimum atomic E-state index is -1.46. The number of carboxylic acid groups (broad SMARTS) is 1. The van der Waals surface area contributed by atoms with Crippen LogP contribution in [0.3, 0.4) is 0 Å². The topological polar surface area (TPSA) is 98.7 Å². The summed E-state index contributed by atoms with van der Waals surface area (Å²) in [6.45, 7) is 0.440. The summed E-state index contributed by atoms with van der Waals surface area (Å²) in [5.74, 6) is -1.30. The number of urea groups is 1. The number of aliphatic hydroxyl groups excluding tert-OH is 1. The molecule has 0 bridgehead atoms. The van der Waals surface area contributed by atoms with Crippen molar-refractivity contribution in [1.82, 2.24) is 10.6 Å². The Labute approximate surface area is 113 Å². The first-order chi connectivity index (χ1) is 8.49. The molecule has 1 atom stereocenters. The number of aliphatic carboxylic acids is 1. The van der Waals surface area contributed by atoms with Crippen molar-refractivity contribution in [3.63, 3.8) is 0 Å². The average molecular weight is 293 g/mol. The lowest BCUT2D eigenvalue weighted by atomic mass is 10.2. The van der Waals surface area contributed by atoms with Crippen molar-refractivity contribution in [1.29, 1.82) is 0 Å². The van der Waals surface area contributed by atoms with Gasteiger partial charge in [0, 0.05) is 17.8 Å². The van der Waals surface area contributed by atoms with Gasteiger partial charge in [0.25, 0.3) is 0 Å². The molecule has 0 saturated heterocycles. The third-order valence-electron chi connectivity index (χ3n) is 2.04. The summed E-state index contributed by atoms with van der Waals surface area (Å²) in [5, 5.41) is 22.4. The second-order valence-electron chi connectivity index (χ2n) is 3.46. The summed E-state index contributed by atoms with van der Waals surface area (Å²) in [5.41, 5.74) is 0. The molecule has 4 N–H and O–H groups in total. The van der Waals surface area contributed by atoms with Gasteiger partial charge < -0.3 is 20.8 Å². The Balaban J connectivity index is 2.16. The predicted octanol–water partition coefficient (Wildman–Crippen LogP) is 1.04. The zero-order valence-corrected chi connectivity index (χ0v) is 10.9. The molecular formula is C10H13ClN2O4S. The molecule has 0 fully saturated rings. The third-order valence-corrected chi connectivity index (χ3v) is 3.27. The second-order valence-corrected chi connectivity index (χ2v) is 5.26. The molecule has 0 aliphatic rings. The van der Waals surface area contributed by atoms with Gasteiger partial charge in [-0.15, -0.1) is 11.3 Å². The van der Waals surface area contributed by atoms with Crippen LogP contribution in [-0.2, 0) is 11.3 Å². The molecule has 2 amide bonds. The summed E-state index contributed by atoms with van der Waals surface area (Å²) in [6.07, 6.45) is -1.49.